The molecule has 0 bridgehead atoms. The zero-order valence-electron chi connectivity index (χ0n) is 11.1. The first-order chi connectivity index (χ1) is 9.22. The van der Waals surface area contributed by atoms with E-state index in [0.29, 0.717) is 29.3 Å². The molecule has 0 saturated heterocycles. The third-order valence-corrected chi connectivity index (χ3v) is 2.79. The molecule has 0 aliphatic heterocycles. The number of aryl methyl sites for hydroxylation is 1. The van der Waals surface area contributed by atoms with E-state index >= 15 is 0 Å². The smallest absolute Gasteiger partial charge is 0.218 e. The first-order valence-electron chi connectivity index (χ1n) is 5.85. The van der Waals surface area contributed by atoms with Gasteiger partial charge >= 0.3 is 0 Å². The molecule has 2 heterocycles. The van der Waals surface area contributed by atoms with Crippen molar-refractivity contribution in [1.82, 2.24) is 14.8 Å². The van der Waals surface area contributed by atoms with E-state index in [1.807, 2.05) is 6.92 Å². The number of carbonyl (C=O) groups excluding carboxylic acids is 1. The number of pyridine rings is 1. The Morgan fingerprint density at radius 3 is 2.63 bits per heavy atom. The summed E-state index contributed by atoms with van der Waals surface area (Å²) < 4.78 is 11.9. The molecule has 2 aromatic heterocycles. The van der Waals surface area contributed by atoms with Crippen molar-refractivity contribution in [3.05, 3.63) is 35.9 Å². The highest BCUT2D eigenvalue weighted by Crippen LogP contribution is 2.25. The largest absolute Gasteiger partial charge is 0.494 e. The van der Waals surface area contributed by atoms with Crippen LogP contribution in [0.4, 0.5) is 0 Å². The average Bonchev–Trinajstić information content (AvgIpc) is 2.89. The first-order valence-corrected chi connectivity index (χ1v) is 5.85. The summed E-state index contributed by atoms with van der Waals surface area (Å²) in [4.78, 5) is 16.5. The Hall–Kier alpha value is -2.37. The number of methoxy groups -OCH3 is 2. The molecular weight excluding hydrogens is 246 g/mol. The Labute approximate surface area is 111 Å². The van der Waals surface area contributed by atoms with Crippen molar-refractivity contribution in [3.8, 4) is 11.5 Å². The number of hydrogen-bond donors (Lipinski definition) is 0. The van der Waals surface area contributed by atoms with Crippen LogP contribution in [0.2, 0.25) is 0 Å². The Balaban J connectivity index is 2.52. The van der Waals surface area contributed by atoms with Crippen LogP contribution in [-0.4, -0.2) is 34.8 Å². The summed E-state index contributed by atoms with van der Waals surface area (Å²) in [5.74, 6) is 0.680. The molecule has 2 aromatic rings. The Morgan fingerprint density at radius 2 is 2.00 bits per heavy atom. The van der Waals surface area contributed by atoms with Crippen molar-refractivity contribution in [1.29, 1.82) is 0 Å². The summed E-state index contributed by atoms with van der Waals surface area (Å²) in [6.07, 6.45) is 4.59. The van der Waals surface area contributed by atoms with Crippen LogP contribution in [0.15, 0.2) is 24.7 Å². The fourth-order valence-corrected chi connectivity index (χ4v) is 1.84. The van der Waals surface area contributed by atoms with Crippen LogP contribution in [0, 0.1) is 0 Å². The van der Waals surface area contributed by atoms with Gasteiger partial charge in [-0.25, -0.2) is 0 Å². The van der Waals surface area contributed by atoms with Crippen molar-refractivity contribution >= 4 is 5.78 Å². The molecule has 19 heavy (non-hydrogen) atoms. The lowest BCUT2D eigenvalue weighted by Gasteiger charge is -2.09. The van der Waals surface area contributed by atoms with Gasteiger partial charge < -0.3 is 9.47 Å². The fraction of sp³-hybridized carbons (Fsp3) is 0.308. The minimum Gasteiger partial charge on any atom is -0.494 e. The lowest BCUT2D eigenvalue weighted by atomic mass is 10.1. The van der Waals surface area contributed by atoms with Crippen LogP contribution in [-0.2, 0) is 6.54 Å². The quantitative estimate of drug-likeness (QED) is 0.764. The SMILES string of the molecule is CCn1ncc(OC)c1C(=O)c1ccncc1OC. The summed E-state index contributed by atoms with van der Waals surface area (Å²) in [6.45, 7) is 2.49. The molecule has 6 heteroatoms. The van der Waals surface area contributed by atoms with Crippen molar-refractivity contribution in [2.45, 2.75) is 13.5 Å². The molecule has 0 unspecified atom stereocenters. The normalized spacial score (nSPS) is 10.3. The minimum atomic E-state index is -0.199. The van der Waals surface area contributed by atoms with Gasteiger partial charge in [-0.15, -0.1) is 0 Å². The topological polar surface area (TPSA) is 66.2 Å². The van der Waals surface area contributed by atoms with Crippen molar-refractivity contribution < 1.29 is 14.3 Å². The van der Waals surface area contributed by atoms with E-state index in [1.165, 1.54) is 26.6 Å². The molecular formula is C13H15N3O3. The Bertz CT molecular complexity index is 571. The van der Waals surface area contributed by atoms with E-state index in [1.54, 1.807) is 16.9 Å². The molecule has 0 spiro atoms. The molecule has 100 valence electrons. The van der Waals surface area contributed by atoms with Crippen LogP contribution in [0.1, 0.15) is 23.0 Å². The third kappa shape index (κ3) is 2.29. The lowest BCUT2D eigenvalue weighted by molar-refractivity contribution is 0.102. The summed E-state index contributed by atoms with van der Waals surface area (Å²) in [5.41, 5.74) is 0.848. The number of carbonyl (C=O) groups is 1. The van der Waals surface area contributed by atoms with E-state index in [9.17, 15) is 4.79 Å². The van der Waals surface area contributed by atoms with E-state index in [0.717, 1.165) is 0 Å². The van der Waals surface area contributed by atoms with Crippen molar-refractivity contribution in [2.24, 2.45) is 0 Å². The second kappa shape index (κ2) is 5.51. The minimum absolute atomic E-state index is 0.199. The standard InChI is InChI=1S/C13H15N3O3/c1-4-16-12(11(19-3)8-15-16)13(17)9-5-6-14-7-10(9)18-2/h5-8H,4H2,1-3H3. The Morgan fingerprint density at radius 1 is 1.26 bits per heavy atom. The molecule has 0 saturated carbocycles. The van der Waals surface area contributed by atoms with Gasteiger partial charge in [0.25, 0.3) is 0 Å². The highest BCUT2D eigenvalue weighted by atomic mass is 16.5. The predicted octanol–water partition coefficient (Wildman–Crippen LogP) is 1.55. The monoisotopic (exact) mass is 261 g/mol. The van der Waals surface area contributed by atoms with E-state index in [-0.39, 0.29) is 5.78 Å². The van der Waals surface area contributed by atoms with Crippen molar-refractivity contribution in [3.63, 3.8) is 0 Å². The molecule has 0 aromatic carbocycles. The number of rotatable bonds is 5. The number of hydrogen-bond acceptors (Lipinski definition) is 5. The number of ketones is 1. The third-order valence-electron chi connectivity index (χ3n) is 2.79. The van der Waals surface area contributed by atoms with Gasteiger partial charge in [-0.2, -0.15) is 5.10 Å². The second-order valence-corrected chi connectivity index (χ2v) is 3.78. The van der Waals surface area contributed by atoms with Gasteiger partial charge in [0, 0.05) is 12.7 Å². The molecule has 0 amide bonds. The van der Waals surface area contributed by atoms with Gasteiger partial charge in [-0.1, -0.05) is 0 Å². The second-order valence-electron chi connectivity index (χ2n) is 3.78. The van der Waals surface area contributed by atoms with Crippen LogP contribution >= 0.6 is 0 Å². The van der Waals surface area contributed by atoms with E-state index in [4.69, 9.17) is 9.47 Å². The summed E-state index contributed by atoms with van der Waals surface area (Å²) in [5, 5.41) is 4.12. The first kappa shape index (κ1) is 13.1. The highest BCUT2D eigenvalue weighted by molar-refractivity contribution is 6.11. The van der Waals surface area contributed by atoms with Gasteiger partial charge in [0.05, 0.1) is 32.2 Å². The van der Waals surface area contributed by atoms with Crippen LogP contribution in [0.25, 0.3) is 0 Å². The van der Waals surface area contributed by atoms with Crippen LogP contribution in [0.3, 0.4) is 0 Å². The van der Waals surface area contributed by atoms with Gasteiger partial charge in [0.1, 0.15) is 5.75 Å². The fourth-order valence-electron chi connectivity index (χ4n) is 1.84. The maximum Gasteiger partial charge on any atom is 0.218 e. The molecule has 0 aliphatic carbocycles. The lowest BCUT2D eigenvalue weighted by Crippen LogP contribution is -2.12. The van der Waals surface area contributed by atoms with E-state index in [2.05, 4.69) is 10.1 Å². The molecule has 0 aliphatic rings. The maximum atomic E-state index is 12.6. The zero-order valence-corrected chi connectivity index (χ0v) is 11.1. The summed E-state index contributed by atoms with van der Waals surface area (Å²) in [7, 11) is 3.01. The molecule has 0 fully saturated rings. The van der Waals surface area contributed by atoms with E-state index < -0.39 is 0 Å². The number of aromatic nitrogens is 3. The van der Waals surface area contributed by atoms with Crippen LogP contribution < -0.4 is 9.47 Å². The molecule has 6 nitrogen and oxygen atoms in total. The van der Waals surface area contributed by atoms with Gasteiger partial charge in [-0.3, -0.25) is 14.5 Å². The number of ether oxygens (including phenoxy) is 2. The number of nitrogens with zero attached hydrogens (tertiary/aromatic N) is 3. The molecule has 2 rings (SSSR count). The Kier molecular flexibility index (Phi) is 3.79. The highest BCUT2D eigenvalue weighted by Gasteiger charge is 2.23. The summed E-state index contributed by atoms with van der Waals surface area (Å²) in [6, 6.07) is 1.62. The maximum absolute atomic E-state index is 12.6. The van der Waals surface area contributed by atoms with Crippen molar-refractivity contribution in [2.75, 3.05) is 14.2 Å². The van der Waals surface area contributed by atoms with Gasteiger partial charge in [-0.05, 0) is 13.0 Å². The van der Waals surface area contributed by atoms with Gasteiger partial charge in [0.15, 0.2) is 11.4 Å². The predicted molar refractivity (Wildman–Crippen MR) is 68.7 cm³/mol. The average molecular weight is 261 g/mol. The molecule has 0 atom stereocenters. The van der Waals surface area contributed by atoms with Crippen LogP contribution in [0.5, 0.6) is 11.5 Å². The summed E-state index contributed by atoms with van der Waals surface area (Å²) >= 11 is 0. The zero-order chi connectivity index (χ0) is 13.8. The molecule has 0 N–H and O–H groups in total. The molecule has 0 radical (unpaired) electrons. The van der Waals surface area contributed by atoms with Gasteiger partial charge in [0.2, 0.25) is 5.78 Å².